The molecule has 0 unspecified atom stereocenters. The predicted molar refractivity (Wildman–Crippen MR) is 208 cm³/mol. The van der Waals surface area contributed by atoms with Crippen LogP contribution in [-0.2, 0) is 21.9 Å². The molecule has 2 aromatic heterocycles. The van der Waals surface area contributed by atoms with Crippen molar-refractivity contribution < 1.29 is 26.8 Å². The maximum atomic E-state index is 13.7. The Morgan fingerprint density at radius 2 is 1.62 bits per heavy atom. The van der Waals surface area contributed by atoms with E-state index in [1.807, 2.05) is 23.9 Å². The van der Waals surface area contributed by atoms with Gasteiger partial charge >= 0.3 is 6.03 Å². The number of anilines is 3. The van der Waals surface area contributed by atoms with Crippen LogP contribution in [0.2, 0.25) is 0 Å². The molecule has 0 spiro atoms. The lowest BCUT2D eigenvalue weighted by atomic mass is 9.88. The third-order valence-corrected chi connectivity index (χ3v) is 13.8. The molecule has 4 aliphatic rings. The highest BCUT2D eigenvalue weighted by Crippen LogP contribution is 2.35. The van der Waals surface area contributed by atoms with Crippen LogP contribution < -0.4 is 20.4 Å². The monoisotopic (exact) mass is 790 g/mol. The summed E-state index contributed by atoms with van der Waals surface area (Å²) in [6.45, 7) is 5.90. The van der Waals surface area contributed by atoms with Gasteiger partial charge in [-0.15, -0.1) is 0 Å². The van der Waals surface area contributed by atoms with Gasteiger partial charge in [0.05, 0.1) is 16.0 Å². The minimum atomic E-state index is -3.68. The molecule has 0 saturated carbocycles. The molecule has 4 aliphatic heterocycles. The van der Waals surface area contributed by atoms with E-state index >= 15 is 0 Å². The van der Waals surface area contributed by atoms with E-state index < -0.39 is 22.5 Å². The maximum Gasteiger partial charge on any atom is 0.329 e. The average Bonchev–Trinajstić information content (AvgIpc) is 3.53. The minimum absolute atomic E-state index is 0.0532. The van der Waals surface area contributed by atoms with Crippen molar-refractivity contribution in [2.45, 2.75) is 68.2 Å². The third kappa shape index (κ3) is 8.07. The molecule has 6 heterocycles. The fraction of sp³-hybridized carbons (Fsp3) is 0.513. The molecule has 0 radical (unpaired) electrons. The highest BCUT2D eigenvalue weighted by Gasteiger charge is 2.32. The molecule has 298 valence electrons. The summed E-state index contributed by atoms with van der Waals surface area (Å²) in [5, 5.41) is 11.1. The fourth-order valence-corrected chi connectivity index (χ4v) is 10.1. The standard InChI is InChI=1S/C39H48F2N10O4S/c1-47-34-21-28(5-6-33(34)37(46-47)51-20-13-35(52)45-39(51)53)27-9-14-48(15-10-27)25-26-7-16-49(17-8-26)31-3-2-4-32(22-31)56(54,55)50-18-11-30(12-19-50)44-38-42-23-29(24-43-38)36(40)41/h2-6,21-24,26-27,30,36H,7-20,25H2,1H3,(H,42,43,44)(H,45,52,53). The van der Waals surface area contributed by atoms with Crippen LogP contribution in [0.15, 0.2) is 59.8 Å². The number of alkyl halides is 2. The van der Waals surface area contributed by atoms with Crippen molar-refractivity contribution in [2.75, 3.05) is 67.5 Å². The first-order valence-corrected chi connectivity index (χ1v) is 21.0. The Bertz CT molecular complexity index is 2160. The molecule has 17 heteroatoms. The Balaban J connectivity index is 0.801. The summed E-state index contributed by atoms with van der Waals surface area (Å²) >= 11 is 0. The van der Waals surface area contributed by atoms with E-state index in [-0.39, 0.29) is 29.9 Å². The van der Waals surface area contributed by atoms with Gasteiger partial charge in [-0.1, -0.05) is 12.1 Å². The summed E-state index contributed by atoms with van der Waals surface area (Å²) in [5.74, 6) is 1.62. The Morgan fingerprint density at radius 3 is 2.32 bits per heavy atom. The van der Waals surface area contributed by atoms with Crippen LogP contribution in [0, 0.1) is 5.92 Å². The first-order chi connectivity index (χ1) is 27.0. The molecule has 14 nitrogen and oxygen atoms in total. The van der Waals surface area contributed by atoms with Crippen molar-refractivity contribution in [2.24, 2.45) is 13.0 Å². The Hall–Kier alpha value is -4.74. The third-order valence-electron chi connectivity index (χ3n) is 11.9. The fourth-order valence-electron chi connectivity index (χ4n) is 8.60. The largest absolute Gasteiger partial charge is 0.371 e. The summed E-state index contributed by atoms with van der Waals surface area (Å²) in [5.41, 5.74) is 2.96. The number of aromatic nitrogens is 4. The summed E-state index contributed by atoms with van der Waals surface area (Å²) in [6.07, 6.45) is 5.20. The van der Waals surface area contributed by atoms with Crippen LogP contribution in [0.5, 0.6) is 0 Å². The number of likely N-dealkylation sites (tertiary alicyclic amines) is 1. The number of halogens is 2. The molecule has 2 aromatic carbocycles. The van der Waals surface area contributed by atoms with Gasteiger partial charge in [-0.05, 0) is 99.3 Å². The maximum absolute atomic E-state index is 13.7. The van der Waals surface area contributed by atoms with Crippen molar-refractivity contribution in [1.29, 1.82) is 0 Å². The summed E-state index contributed by atoms with van der Waals surface area (Å²) in [6, 6.07) is 13.2. The number of aryl methyl sites for hydroxylation is 1. The second-order valence-electron chi connectivity index (χ2n) is 15.4. The van der Waals surface area contributed by atoms with Crippen LogP contribution in [-0.4, -0.2) is 108 Å². The van der Waals surface area contributed by atoms with E-state index in [1.165, 1.54) is 9.87 Å². The van der Waals surface area contributed by atoms with Crippen LogP contribution in [0.3, 0.4) is 0 Å². The molecule has 2 N–H and O–H groups in total. The highest BCUT2D eigenvalue weighted by molar-refractivity contribution is 7.89. The van der Waals surface area contributed by atoms with Crippen LogP contribution in [0.4, 0.5) is 31.0 Å². The lowest BCUT2D eigenvalue weighted by Gasteiger charge is -2.38. The lowest BCUT2D eigenvalue weighted by molar-refractivity contribution is -0.120. The number of sulfonamides is 1. The number of carbonyl (C=O) groups excluding carboxylic acids is 2. The number of carbonyl (C=O) groups is 2. The number of fused-ring (bicyclic) bond motifs is 1. The molecule has 4 aromatic rings. The van der Waals surface area contributed by atoms with Crippen molar-refractivity contribution in [3.05, 3.63) is 66.0 Å². The Morgan fingerprint density at radius 1 is 0.893 bits per heavy atom. The van der Waals surface area contributed by atoms with Crippen LogP contribution >= 0.6 is 0 Å². The van der Waals surface area contributed by atoms with E-state index in [0.717, 1.165) is 87.4 Å². The first-order valence-electron chi connectivity index (χ1n) is 19.5. The minimum Gasteiger partial charge on any atom is -0.371 e. The van der Waals surface area contributed by atoms with Gasteiger partial charge in [0.2, 0.25) is 21.9 Å². The molecule has 4 fully saturated rings. The number of benzene rings is 2. The first kappa shape index (κ1) is 38.1. The van der Waals surface area contributed by atoms with Gasteiger partial charge in [0.15, 0.2) is 5.82 Å². The van der Waals surface area contributed by atoms with E-state index in [9.17, 15) is 26.8 Å². The second kappa shape index (κ2) is 16.0. The number of urea groups is 1. The number of nitrogens with zero attached hydrogens (tertiary/aromatic N) is 8. The zero-order valence-corrected chi connectivity index (χ0v) is 32.3. The Labute approximate surface area is 325 Å². The number of nitrogens with one attached hydrogen (secondary N) is 2. The Kier molecular flexibility index (Phi) is 10.9. The average molecular weight is 791 g/mol. The number of imide groups is 1. The quantitative estimate of drug-likeness (QED) is 0.222. The van der Waals surface area contributed by atoms with E-state index in [4.69, 9.17) is 0 Å². The SMILES string of the molecule is Cn1nc(N2CCC(=O)NC2=O)c2ccc(C3CCN(CC4CCN(c5cccc(S(=O)(=O)N6CCC(Nc7ncc(C(F)F)cn7)CC6)c5)CC4)CC3)cc21. The van der Waals surface area contributed by atoms with Gasteiger partial charge in [-0.2, -0.15) is 9.40 Å². The van der Waals surface area contributed by atoms with Gasteiger partial charge in [-0.25, -0.2) is 32.0 Å². The van der Waals surface area contributed by atoms with Gasteiger partial charge < -0.3 is 15.1 Å². The predicted octanol–water partition coefficient (Wildman–Crippen LogP) is 5.11. The van der Waals surface area contributed by atoms with Gasteiger partial charge in [-0.3, -0.25) is 19.7 Å². The van der Waals surface area contributed by atoms with Crippen molar-refractivity contribution >= 4 is 50.3 Å². The van der Waals surface area contributed by atoms with Gasteiger partial charge in [0, 0.05) is 82.2 Å². The molecule has 0 atom stereocenters. The van der Waals surface area contributed by atoms with Crippen molar-refractivity contribution in [3.8, 4) is 0 Å². The topological polar surface area (TPSA) is 149 Å². The number of amides is 3. The van der Waals surface area contributed by atoms with Gasteiger partial charge in [0.25, 0.3) is 6.43 Å². The summed E-state index contributed by atoms with van der Waals surface area (Å²) in [7, 11) is -1.79. The van der Waals surface area contributed by atoms with E-state index in [0.29, 0.717) is 55.0 Å². The van der Waals surface area contributed by atoms with E-state index in [2.05, 4.69) is 53.7 Å². The van der Waals surface area contributed by atoms with Crippen LogP contribution in [0.25, 0.3) is 10.9 Å². The highest BCUT2D eigenvalue weighted by atomic mass is 32.2. The molecule has 0 bridgehead atoms. The lowest BCUT2D eigenvalue weighted by Crippen LogP contribution is -2.49. The molecular formula is C39H48F2N10O4S. The number of piperidine rings is 3. The molecule has 0 aliphatic carbocycles. The van der Waals surface area contributed by atoms with Crippen molar-refractivity contribution in [1.82, 2.24) is 34.3 Å². The summed E-state index contributed by atoms with van der Waals surface area (Å²) < 4.78 is 56.4. The molecular weight excluding hydrogens is 743 g/mol. The molecule has 8 rings (SSSR count). The summed E-state index contributed by atoms with van der Waals surface area (Å²) in [4.78, 5) is 38.8. The normalized spacial score (nSPS) is 20.3. The van der Waals surface area contributed by atoms with Crippen molar-refractivity contribution in [3.63, 3.8) is 0 Å². The molecule has 3 amide bonds. The van der Waals surface area contributed by atoms with Crippen LogP contribution in [0.1, 0.15) is 68.4 Å². The second-order valence-corrected chi connectivity index (χ2v) is 17.4. The molecule has 56 heavy (non-hydrogen) atoms. The zero-order chi connectivity index (χ0) is 39.0. The molecule has 4 saturated heterocycles. The number of hydrogen-bond acceptors (Lipinski definition) is 10. The number of rotatable bonds is 10. The van der Waals surface area contributed by atoms with Gasteiger partial charge in [0.1, 0.15) is 0 Å². The van der Waals surface area contributed by atoms with E-state index in [1.54, 1.807) is 17.0 Å². The zero-order valence-electron chi connectivity index (χ0n) is 31.5. The number of hydrogen-bond donors (Lipinski definition) is 2. The smallest absolute Gasteiger partial charge is 0.329 e.